The summed E-state index contributed by atoms with van der Waals surface area (Å²) in [5.41, 5.74) is 1.49. The molecule has 0 amide bonds. The lowest BCUT2D eigenvalue weighted by Gasteiger charge is -2.31. The van der Waals surface area contributed by atoms with Crippen LogP contribution in [0.15, 0.2) is 16.0 Å². The van der Waals surface area contributed by atoms with Crippen LogP contribution in [-0.2, 0) is 11.3 Å². The van der Waals surface area contributed by atoms with Gasteiger partial charge in [0.05, 0.1) is 6.54 Å². The molecule has 1 fully saturated rings. The summed E-state index contributed by atoms with van der Waals surface area (Å²) in [6.07, 6.45) is 0. The number of fused-ring (bicyclic) bond motifs is 2. The molecule has 0 saturated carbocycles. The summed E-state index contributed by atoms with van der Waals surface area (Å²) >= 11 is 1.19. The van der Waals surface area contributed by atoms with Crippen molar-refractivity contribution in [2.24, 2.45) is 4.99 Å². The van der Waals surface area contributed by atoms with Crippen molar-refractivity contribution in [2.45, 2.75) is 6.54 Å². The molecule has 7 nitrogen and oxygen atoms in total. The summed E-state index contributed by atoms with van der Waals surface area (Å²) in [6.45, 7) is 4.47. The predicted molar refractivity (Wildman–Crippen MR) is 77.5 cm³/mol. The van der Waals surface area contributed by atoms with Crippen LogP contribution in [0.25, 0.3) is 0 Å². The maximum Gasteiger partial charge on any atom is 0.250 e. The number of aromatic nitrogens is 3. The fourth-order valence-electron chi connectivity index (χ4n) is 2.51. The van der Waals surface area contributed by atoms with Crippen molar-refractivity contribution in [3.63, 3.8) is 0 Å². The van der Waals surface area contributed by atoms with Crippen LogP contribution in [0.5, 0.6) is 0 Å². The number of aliphatic imine (C=N–C) groups is 1. The molecule has 3 aliphatic rings. The predicted octanol–water partition coefficient (Wildman–Crippen LogP) is 0.273. The molecule has 3 aliphatic heterocycles. The van der Waals surface area contributed by atoms with Crippen LogP contribution in [-0.4, -0.2) is 63.7 Å². The molecule has 4 heterocycles. The van der Waals surface area contributed by atoms with Crippen molar-refractivity contribution >= 4 is 34.5 Å². The highest BCUT2D eigenvalue weighted by Crippen LogP contribution is 2.30. The van der Waals surface area contributed by atoms with Gasteiger partial charge in [0.1, 0.15) is 5.71 Å². The molecule has 0 N–H and O–H groups in total. The van der Waals surface area contributed by atoms with E-state index >= 15 is 0 Å². The van der Waals surface area contributed by atoms with E-state index in [-0.39, 0.29) is 5.12 Å². The zero-order chi connectivity index (χ0) is 13.7. The normalized spacial score (nSPS) is 22.4. The number of hydrogen-bond donors (Lipinski definition) is 0. The summed E-state index contributed by atoms with van der Waals surface area (Å²) in [5.74, 6) is 1.26. The minimum atomic E-state index is 0.00963. The van der Waals surface area contributed by atoms with E-state index in [0.717, 1.165) is 37.7 Å². The van der Waals surface area contributed by atoms with E-state index in [9.17, 15) is 4.79 Å². The number of likely N-dealkylation sites (N-methyl/N-ethyl adjacent to an activating group) is 1. The molecule has 0 spiro atoms. The Bertz CT molecular complexity index is 640. The third kappa shape index (κ3) is 1.87. The van der Waals surface area contributed by atoms with Gasteiger partial charge >= 0.3 is 0 Å². The lowest BCUT2D eigenvalue weighted by atomic mass is 10.2. The van der Waals surface area contributed by atoms with E-state index in [1.807, 2.05) is 5.41 Å². The van der Waals surface area contributed by atoms with E-state index < -0.39 is 0 Å². The van der Waals surface area contributed by atoms with Crippen LogP contribution in [0.2, 0.25) is 0 Å². The third-order valence-corrected chi connectivity index (χ3v) is 4.57. The lowest BCUT2D eigenvalue weighted by molar-refractivity contribution is -0.105. The van der Waals surface area contributed by atoms with Crippen LogP contribution in [0.4, 0.5) is 11.9 Å². The van der Waals surface area contributed by atoms with Crippen molar-refractivity contribution in [1.82, 2.24) is 19.7 Å². The van der Waals surface area contributed by atoms with Crippen molar-refractivity contribution in [3.05, 3.63) is 11.0 Å². The van der Waals surface area contributed by atoms with E-state index in [2.05, 4.69) is 31.9 Å². The Morgan fingerprint density at radius 2 is 2.05 bits per heavy atom. The standard InChI is InChI=1S/C12H14N6OS/c1-16-2-4-17(5-3-16)12-14-11-13-9-8(6-18(11)15-12)7-20-10(9)19/h7H,2-6H2,1H3. The second kappa shape index (κ2) is 4.42. The Kier molecular flexibility index (Phi) is 2.67. The Balaban J connectivity index is 1.63. The number of thioether (sulfide) groups is 1. The fourth-order valence-corrected chi connectivity index (χ4v) is 3.23. The molecule has 20 heavy (non-hydrogen) atoms. The van der Waals surface area contributed by atoms with Crippen molar-refractivity contribution < 1.29 is 4.79 Å². The van der Waals surface area contributed by atoms with E-state index in [1.165, 1.54) is 11.8 Å². The van der Waals surface area contributed by atoms with E-state index in [0.29, 0.717) is 18.2 Å². The number of rotatable bonds is 1. The molecule has 0 bridgehead atoms. The summed E-state index contributed by atoms with van der Waals surface area (Å²) in [7, 11) is 2.12. The van der Waals surface area contributed by atoms with E-state index in [1.54, 1.807) is 4.68 Å². The SMILES string of the molecule is CN1CCN(c2nc3n(n2)CC2=CSC(=O)C2=N3)CC1. The molecule has 104 valence electrons. The Hall–Kier alpha value is -1.67. The van der Waals surface area contributed by atoms with E-state index in [4.69, 9.17) is 0 Å². The van der Waals surface area contributed by atoms with Crippen molar-refractivity contribution in [1.29, 1.82) is 0 Å². The molecule has 0 aromatic carbocycles. The quantitative estimate of drug-likeness (QED) is 0.740. The molecule has 0 radical (unpaired) electrons. The van der Waals surface area contributed by atoms with Crippen LogP contribution in [0.1, 0.15) is 0 Å². The number of carbonyl (C=O) groups excluding carboxylic acids is 1. The van der Waals surface area contributed by atoms with Gasteiger partial charge in [-0.25, -0.2) is 9.67 Å². The smallest absolute Gasteiger partial charge is 0.250 e. The monoisotopic (exact) mass is 290 g/mol. The van der Waals surface area contributed by atoms with Crippen LogP contribution >= 0.6 is 11.8 Å². The molecular formula is C12H14N6OS. The third-order valence-electron chi connectivity index (χ3n) is 3.76. The molecular weight excluding hydrogens is 276 g/mol. The Morgan fingerprint density at radius 3 is 2.85 bits per heavy atom. The number of allylic oxidation sites excluding steroid dienone is 1. The minimum absolute atomic E-state index is 0.00963. The molecule has 1 aromatic rings. The molecule has 1 saturated heterocycles. The van der Waals surface area contributed by atoms with Crippen molar-refractivity contribution in [3.8, 4) is 0 Å². The first-order chi connectivity index (χ1) is 9.70. The van der Waals surface area contributed by atoms with Gasteiger partial charge in [0, 0.05) is 31.8 Å². The maximum absolute atomic E-state index is 11.7. The Labute approximate surface area is 120 Å². The lowest BCUT2D eigenvalue weighted by Crippen LogP contribution is -2.45. The Morgan fingerprint density at radius 1 is 1.25 bits per heavy atom. The number of piperazine rings is 1. The van der Waals surface area contributed by atoms with Gasteiger partial charge in [-0.15, -0.1) is 5.10 Å². The first kappa shape index (κ1) is 12.1. The van der Waals surface area contributed by atoms with Gasteiger partial charge in [0.2, 0.25) is 11.1 Å². The number of carbonyl (C=O) groups is 1. The average molecular weight is 290 g/mol. The molecule has 8 heteroatoms. The summed E-state index contributed by atoms with van der Waals surface area (Å²) in [6, 6.07) is 0. The second-order valence-corrected chi connectivity index (χ2v) is 6.01. The maximum atomic E-state index is 11.7. The average Bonchev–Trinajstić information content (AvgIpc) is 3.01. The largest absolute Gasteiger partial charge is 0.337 e. The summed E-state index contributed by atoms with van der Waals surface area (Å²) in [4.78, 5) is 25.0. The highest BCUT2D eigenvalue weighted by atomic mass is 32.2. The minimum Gasteiger partial charge on any atom is -0.337 e. The van der Waals surface area contributed by atoms with Crippen molar-refractivity contribution in [2.75, 3.05) is 38.1 Å². The number of hydrogen-bond acceptors (Lipinski definition) is 7. The first-order valence-electron chi connectivity index (χ1n) is 6.58. The molecule has 0 atom stereocenters. The van der Waals surface area contributed by atoms with Gasteiger partial charge in [-0.1, -0.05) is 11.8 Å². The highest BCUT2D eigenvalue weighted by Gasteiger charge is 2.30. The van der Waals surface area contributed by atoms with Gasteiger partial charge in [-0.05, 0) is 12.5 Å². The molecule has 1 aromatic heterocycles. The zero-order valence-corrected chi connectivity index (χ0v) is 11.9. The zero-order valence-electron chi connectivity index (χ0n) is 11.1. The van der Waals surface area contributed by atoms with Gasteiger partial charge in [-0.3, -0.25) is 4.79 Å². The second-order valence-electron chi connectivity index (χ2n) is 5.17. The number of anilines is 1. The van der Waals surface area contributed by atoms with Gasteiger partial charge in [-0.2, -0.15) is 4.98 Å². The van der Waals surface area contributed by atoms with Gasteiger partial charge in [0.15, 0.2) is 0 Å². The molecule has 0 unspecified atom stereocenters. The first-order valence-corrected chi connectivity index (χ1v) is 7.46. The van der Waals surface area contributed by atoms with Crippen LogP contribution in [0, 0.1) is 0 Å². The fraction of sp³-hybridized carbons (Fsp3) is 0.500. The molecule has 0 aliphatic carbocycles. The summed E-state index contributed by atoms with van der Waals surface area (Å²) in [5, 5.41) is 6.40. The van der Waals surface area contributed by atoms with Gasteiger partial charge in [0.25, 0.3) is 5.95 Å². The van der Waals surface area contributed by atoms with Crippen LogP contribution < -0.4 is 4.90 Å². The summed E-state index contributed by atoms with van der Waals surface area (Å²) < 4.78 is 1.78. The highest BCUT2D eigenvalue weighted by molar-refractivity contribution is 8.18. The molecule has 4 rings (SSSR count). The van der Waals surface area contributed by atoms with Gasteiger partial charge < -0.3 is 9.80 Å². The topological polar surface area (TPSA) is 66.6 Å². The number of nitrogens with zero attached hydrogens (tertiary/aromatic N) is 6. The van der Waals surface area contributed by atoms with Crippen LogP contribution in [0.3, 0.4) is 0 Å².